The summed E-state index contributed by atoms with van der Waals surface area (Å²) in [6.45, 7) is 6.95. The summed E-state index contributed by atoms with van der Waals surface area (Å²) in [6, 6.07) is 6.41. The SMILES string of the molecule is COc1ccc2c(c1)SC[C@]1(C)C2=CC[C@@]2(C)C(=O)CC[C@@]21C. The second-order valence-electron chi connectivity index (χ2n) is 7.89. The van der Waals surface area contributed by atoms with Crippen LogP contribution in [0.2, 0.25) is 0 Å². The van der Waals surface area contributed by atoms with E-state index in [9.17, 15) is 4.79 Å². The lowest BCUT2D eigenvalue weighted by Gasteiger charge is -2.58. The van der Waals surface area contributed by atoms with Crippen LogP contribution in [-0.4, -0.2) is 18.6 Å². The summed E-state index contributed by atoms with van der Waals surface area (Å²) >= 11 is 1.92. The minimum atomic E-state index is -0.199. The lowest BCUT2D eigenvalue weighted by Crippen LogP contribution is -2.53. The normalized spacial score (nSPS) is 38.4. The first-order valence-corrected chi connectivity index (χ1v) is 9.39. The van der Waals surface area contributed by atoms with Gasteiger partial charge in [-0.1, -0.05) is 26.8 Å². The zero-order valence-electron chi connectivity index (χ0n) is 14.4. The van der Waals surface area contributed by atoms with Crippen LogP contribution in [0, 0.1) is 16.2 Å². The molecule has 0 radical (unpaired) electrons. The molecule has 0 spiro atoms. The highest BCUT2D eigenvalue weighted by Crippen LogP contribution is 2.70. The molecule has 0 bridgehead atoms. The number of ether oxygens (including phenoxy) is 1. The quantitative estimate of drug-likeness (QED) is 0.728. The van der Waals surface area contributed by atoms with Gasteiger partial charge in [-0.2, -0.15) is 0 Å². The van der Waals surface area contributed by atoms with Crippen molar-refractivity contribution < 1.29 is 9.53 Å². The molecule has 0 unspecified atom stereocenters. The zero-order chi connectivity index (χ0) is 16.5. The lowest BCUT2D eigenvalue weighted by atomic mass is 9.48. The van der Waals surface area contributed by atoms with Crippen molar-refractivity contribution in [2.45, 2.75) is 44.9 Å². The van der Waals surface area contributed by atoms with Gasteiger partial charge in [0.15, 0.2) is 0 Å². The summed E-state index contributed by atoms with van der Waals surface area (Å²) in [5.74, 6) is 2.42. The molecule has 1 aromatic rings. The molecule has 3 heteroatoms. The van der Waals surface area contributed by atoms with Crippen molar-refractivity contribution >= 4 is 23.1 Å². The zero-order valence-corrected chi connectivity index (χ0v) is 15.2. The minimum absolute atomic E-state index is 0.0474. The monoisotopic (exact) mass is 328 g/mol. The molecule has 2 nitrogen and oxygen atoms in total. The largest absolute Gasteiger partial charge is 0.497 e. The number of fused-ring (bicyclic) bond motifs is 5. The Labute approximate surface area is 142 Å². The average Bonchev–Trinajstić information content (AvgIpc) is 2.79. The molecular formula is C20H24O2S. The van der Waals surface area contributed by atoms with E-state index in [0.29, 0.717) is 5.78 Å². The Kier molecular flexibility index (Phi) is 3.10. The molecule has 0 amide bonds. The third-order valence-electron chi connectivity index (χ3n) is 7.21. The van der Waals surface area contributed by atoms with E-state index < -0.39 is 0 Å². The number of carbonyl (C=O) groups is 1. The molecular weight excluding hydrogens is 304 g/mol. The Hall–Kier alpha value is -1.22. The summed E-state index contributed by atoms with van der Waals surface area (Å²) < 4.78 is 5.38. The van der Waals surface area contributed by atoms with Crippen LogP contribution in [0.25, 0.3) is 5.57 Å². The molecule has 0 saturated heterocycles. The number of ketones is 1. The van der Waals surface area contributed by atoms with E-state index in [4.69, 9.17) is 4.74 Å². The van der Waals surface area contributed by atoms with Gasteiger partial charge in [0.05, 0.1) is 7.11 Å². The topological polar surface area (TPSA) is 26.3 Å². The Balaban J connectivity index is 1.89. The third-order valence-corrected chi connectivity index (χ3v) is 8.58. The van der Waals surface area contributed by atoms with Crippen molar-refractivity contribution in [1.82, 2.24) is 0 Å². The van der Waals surface area contributed by atoms with Crippen LogP contribution in [0.4, 0.5) is 0 Å². The van der Waals surface area contributed by atoms with E-state index >= 15 is 0 Å². The lowest BCUT2D eigenvalue weighted by molar-refractivity contribution is -0.131. The first kappa shape index (κ1) is 15.3. The van der Waals surface area contributed by atoms with Crippen molar-refractivity contribution in [3.8, 4) is 5.75 Å². The third kappa shape index (κ3) is 1.69. The number of hydrogen-bond donors (Lipinski definition) is 0. The van der Waals surface area contributed by atoms with Crippen molar-refractivity contribution in [3.63, 3.8) is 0 Å². The number of rotatable bonds is 1. The number of benzene rings is 1. The van der Waals surface area contributed by atoms with Crippen molar-refractivity contribution in [3.05, 3.63) is 29.8 Å². The number of Topliss-reactive ketones (excluding diaryl/α,β-unsaturated/α-hetero) is 1. The van der Waals surface area contributed by atoms with E-state index in [0.717, 1.165) is 30.8 Å². The van der Waals surface area contributed by atoms with Gasteiger partial charge in [0, 0.05) is 27.9 Å². The van der Waals surface area contributed by atoms with Crippen LogP contribution in [-0.2, 0) is 4.79 Å². The fraction of sp³-hybridized carbons (Fsp3) is 0.550. The number of methoxy groups -OCH3 is 1. The van der Waals surface area contributed by atoms with Gasteiger partial charge < -0.3 is 4.74 Å². The molecule has 1 heterocycles. The average molecular weight is 328 g/mol. The van der Waals surface area contributed by atoms with Gasteiger partial charge in [-0.25, -0.2) is 0 Å². The van der Waals surface area contributed by atoms with Crippen LogP contribution in [0.3, 0.4) is 0 Å². The summed E-state index contributed by atoms with van der Waals surface area (Å²) in [5.41, 5.74) is 2.69. The molecule has 4 rings (SSSR count). The standard InChI is InChI=1S/C20H24O2S/c1-18-9-7-15-14-6-5-13(22-4)11-16(14)23-12-19(15,2)20(18,3)10-8-17(18)21/h5-7,11H,8-10,12H2,1-4H3/t18-,19+,20-/m0/s1. The number of thioether (sulfide) groups is 1. The van der Waals surface area contributed by atoms with Gasteiger partial charge in [0.25, 0.3) is 0 Å². The summed E-state index contributed by atoms with van der Waals surface area (Å²) in [7, 11) is 1.72. The predicted molar refractivity (Wildman–Crippen MR) is 94.9 cm³/mol. The molecule has 3 atom stereocenters. The van der Waals surface area contributed by atoms with Gasteiger partial charge in [0.2, 0.25) is 0 Å². The molecule has 2 aliphatic carbocycles. The molecule has 122 valence electrons. The first-order valence-electron chi connectivity index (χ1n) is 8.41. The van der Waals surface area contributed by atoms with Crippen LogP contribution < -0.4 is 4.74 Å². The number of allylic oxidation sites excluding steroid dienone is 2. The second-order valence-corrected chi connectivity index (χ2v) is 8.91. The Bertz CT molecular complexity index is 737. The van der Waals surface area contributed by atoms with Gasteiger partial charge in [0.1, 0.15) is 11.5 Å². The van der Waals surface area contributed by atoms with Crippen molar-refractivity contribution in [1.29, 1.82) is 0 Å². The Morgan fingerprint density at radius 3 is 2.70 bits per heavy atom. The van der Waals surface area contributed by atoms with Gasteiger partial charge in [-0.05, 0) is 47.6 Å². The minimum Gasteiger partial charge on any atom is -0.497 e. The molecule has 23 heavy (non-hydrogen) atoms. The smallest absolute Gasteiger partial charge is 0.139 e. The van der Waals surface area contributed by atoms with E-state index in [-0.39, 0.29) is 16.2 Å². The fourth-order valence-corrected chi connectivity index (χ4v) is 6.56. The maximum Gasteiger partial charge on any atom is 0.139 e. The molecule has 1 saturated carbocycles. The maximum absolute atomic E-state index is 12.6. The fourth-order valence-electron chi connectivity index (χ4n) is 5.11. The highest BCUT2D eigenvalue weighted by atomic mass is 32.2. The Morgan fingerprint density at radius 1 is 1.17 bits per heavy atom. The van der Waals surface area contributed by atoms with E-state index in [1.54, 1.807) is 7.11 Å². The van der Waals surface area contributed by atoms with Gasteiger partial charge in [-0.3, -0.25) is 4.79 Å². The molecule has 0 N–H and O–H groups in total. The van der Waals surface area contributed by atoms with Gasteiger partial charge >= 0.3 is 0 Å². The summed E-state index contributed by atoms with van der Waals surface area (Å²) in [4.78, 5) is 13.9. The molecule has 1 aliphatic heterocycles. The van der Waals surface area contributed by atoms with Crippen LogP contribution in [0.1, 0.15) is 45.6 Å². The van der Waals surface area contributed by atoms with Crippen molar-refractivity contribution in [2.75, 3.05) is 12.9 Å². The molecule has 3 aliphatic rings. The van der Waals surface area contributed by atoms with E-state index in [2.05, 4.69) is 45.0 Å². The molecule has 1 aromatic carbocycles. The van der Waals surface area contributed by atoms with Gasteiger partial charge in [-0.15, -0.1) is 11.8 Å². The molecule has 0 aromatic heterocycles. The number of hydrogen-bond acceptors (Lipinski definition) is 3. The van der Waals surface area contributed by atoms with Crippen LogP contribution in [0.15, 0.2) is 29.2 Å². The highest BCUT2D eigenvalue weighted by molar-refractivity contribution is 7.99. The first-order chi connectivity index (χ1) is 10.9. The summed E-state index contributed by atoms with van der Waals surface area (Å²) in [5, 5.41) is 0. The van der Waals surface area contributed by atoms with Crippen LogP contribution >= 0.6 is 11.8 Å². The second kappa shape index (κ2) is 4.66. The van der Waals surface area contributed by atoms with E-state index in [1.165, 1.54) is 16.0 Å². The number of carbonyl (C=O) groups excluding carboxylic acids is 1. The van der Waals surface area contributed by atoms with E-state index in [1.807, 2.05) is 11.8 Å². The highest BCUT2D eigenvalue weighted by Gasteiger charge is 2.65. The Morgan fingerprint density at radius 2 is 1.96 bits per heavy atom. The summed E-state index contributed by atoms with van der Waals surface area (Å²) in [6.07, 6.45) is 4.99. The maximum atomic E-state index is 12.6. The van der Waals surface area contributed by atoms with Crippen LogP contribution in [0.5, 0.6) is 5.75 Å². The molecule has 1 fully saturated rings. The predicted octanol–water partition coefficient (Wildman–Crippen LogP) is 4.97. The van der Waals surface area contributed by atoms with Crippen molar-refractivity contribution in [2.24, 2.45) is 16.2 Å².